The van der Waals surface area contributed by atoms with Gasteiger partial charge in [-0.25, -0.2) is 4.79 Å². The van der Waals surface area contributed by atoms with Crippen LogP contribution in [0.2, 0.25) is 0 Å². The van der Waals surface area contributed by atoms with Gasteiger partial charge in [0.05, 0.1) is 12.0 Å². The molecule has 148 valence electrons. The zero-order valence-electron chi connectivity index (χ0n) is 16.8. The van der Waals surface area contributed by atoms with Gasteiger partial charge in [-0.2, -0.15) is 0 Å². The molecule has 5 heteroatoms. The van der Waals surface area contributed by atoms with Crippen molar-refractivity contribution in [1.29, 1.82) is 0 Å². The standard InChI is InChI=1S/C21H35NO4/c1-14(2)11-16-13-18(25-19(16)23)17(12-15-9-7-6-8-10-15)22-20(24)26-21(3,4)5/h15-18H,1,6-13H2,2-5H3,(H,22,24)/t16-,17+,18+/m1/s1. The molecule has 2 rings (SSSR count). The van der Waals surface area contributed by atoms with Gasteiger partial charge in [-0.05, 0) is 52.9 Å². The van der Waals surface area contributed by atoms with E-state index in [9.17, 15) is 9.59 Å². The Morgan fingerprint density at radius 1 is 1.31 bits per heavy atom. The number of alkyl carbamates (subject to hydrolysis) is 1. The fourth-order valence-corrected chi connectivity index (χ4v) is 4.05. The minimum absolute atomic E-state index is 0.146. The van der Waals surface area contributed by atoms with Crippen molar-refractivity contribution >= 4 is 12.1 Å². The monoisotopic (exact) mass is 365 g/mol. The molecular formula is C21H35NO4. The van der Waals surface area contributed by atoms with Crippen molar-refractivity contribution in [2.45, 2.75) is 96.8 Å². The number of esters is 1. The molecule has 5 nitrogen and oxygen atoms in total. The van der Waals surface area contributed by atoms with Crippen molar-refractivity contribution in [2.24, 2.45) is 11.8 Å². The number of hydrogen-bond donors (Lipinski definition) is 1. The van der Waals surface area contributed by atoms with Crippen molar-refractivity contribution in [3.8, 4) is 0 Å². The SMILES string of the molecule is C=C(C)C[C@@H]1C[C@@H]([C@H](CC2CCCCC2)NC(=O)OC(C)(C)C)OC1=O. The van der Waals surface area contributed by atoms with E-state index in [0.717, 1.165) is 12.0 Å². The summed E-state index contributed by atoms with van der Waals surface area (Å²) >= 11 is 0. The summed E-state index contributed by atoms with van der Waals surface area (Å²) in [5, 5.41) is 3.00. The van der Waals surface area contributed by atoms with E-state index in [1.54, 1.807) is 0 Å². The lowest BCUT2D eigenvalue weighted by Gasteiger charge is -2.30. The van der Waals surface area contributed by atoms with E-state index in [2.05, 4.69) is 11.9 Å². The average molecular weight is 366 g/mol. The quantitative estimate of drug-likeness (QED) is 0.545. The summed E-state index contributed by atoms with van der Waals surface area (Å²) in [6, 6.07) is -0.188. The molecular weight excluding hydrogens is 330 g/mol. The van der Waals surface area contributed by atoms with Crippen molar-refractivity contribution < 1.29 is 19.1 Å². The van der Waals surface area contributed by atoms with Crippen LogP contribution in [-0.2, 0) is 14.3 Å². The molecule has 26 heavy (non-hydrogen) atoms. The summed E-state index contributed by atoms with van der Waals surface area (Å²) in [6.07, 6.45) is 7.57. The third-order valence-electron chi connectivity index (χ3n) is 5.18. The highest BCUT2D eigenvalue weighted by Crippen LogP contribution is 2.33. The maximum absolute atomic E-state index is 12.3. The van der Waals surface area contributed by atoms with Gasteiger partial charge < -0.3 is 14.8 Å². The van der Waals surface area contributed by atoms with Crippen LogP contribution in [-0.4, -0.2) is 29.8 Å². The molecule has 1 saturated carbocycles. The predicted molar refractivity (Wildman–Crippen MR) is 102 cm³/mol. The molecule has 1 N–H and O–H groups in total. The van der Waals surface area contributed by atoms with E-state index in [1.165, 1.54) is 32.1 Å². The van der Waals surface area contributed by atoms with Crippen LogP contribution in [0.3, 0.4) is 0 Å². The zero-order valence-corrected chi connectivity index (χ0v) is 16.8. The van der Waals surface area contributed by atoms with Gasteiger partial charge in [-0.1, -0.05) is 37.7 Å². The second-order valence-electron chi connectivity index (χ2n) is 9.06. The maximum atomic E-state index is 12.3. The van der Waals surface area contributed by atoms with Crippen LogP contribution in [0.25, 0.3) is 0 Å². The summed E-state index contributed by atoms with van der Waals surface area (Å²) in [5.74, 6) is 0.256. The Kier molecular flexibility index (Phi) is 7.13. The number of amides is 1. The minimum atomic E-state index is -0.547. The molecule has 1 saturated heterocycles. The zero-order chi connectivity index (χ0) is 19.3. The molecule has 0 aromatic carbocycles. The molecule has 1 heterocycles. The van der Waals surface area contributed by atoms with Crippen LogP contribution in [0, 0.1) is 11.8 Å². The molecule has 2 aliphatic rings. The van der Waals surface area contributed by atoms with Crippen molar-refractivity contribution in [3.63, 3.8) is 0 Å². The van der Waals surface area contributed by atoms with Gasteiger partial charge in [0.1, 0.15) is 11.7 Å². The molecule has 1 amide bonds. The fourth-order valence-electron chi connectivity index (χ4n) is 4.05. The maximum Gasteiger partial charge on any atom is 0.408 e. The largest absolute Gasteiger partial charge is 0.460 e. The summed E-state index contributed by atoms with van der Waals surface area (Å²) in [5.41, 5.74) is 0.436. The average Bonchev–Trinajstić information content (AvgIpc) is 2.86. The third kappa shape index (κ3) is 6.65. The normalized spacial score (nSPS) is 25.5. The lowest BCUT2D eigenvalue weighted by molar-refractivity contribution is -0.145. The van der Waals surface area contributed by atoms with Gasteiger partial charge >= 0.3 is 12.1 Å². The molecule has 0 aromatic heterocycles. The van der Waals surface area contributed by atoms with Gasteiger partial charge in [0.2, 0.25) is 0 Å². The van der Waals surface area contributed by atoms with E-state index < -0.39 is 11.7 Å². The first-order chi connectivity index (χ1) is 12.1. The number of hydrogen-bond acceptors (Lipinski definition) is 4. The Labute approximate surface area is 157 Å². The molecule has 0 spiro atoms. The van der Waals surface area contributed by atoms with Gasteiger partial charge in [0, 0.05) is 0 Å². The molecule has 1 aliphatic heterocycles. The van der Waals surface area contributed by atoms with Crippen molar-refractivity contribution in [3.05, 3.63) is 12.2 Å². The molecule has 0 radical (unpaired) electrons. The number of cyclic esters (lactones) is 1. The molecule has 2 fully saturated rings. The third-order valence-corrected chi connectivity index (χ3v) is 5.18. The van der Waals surface area contributed by atoms with Crippen molar-refractivity contribution in [1.82, 2.24) is 5.32 Å². The number of nitrogens with one attached hydrogen (secondary N) is 1. The first kappa shape index (κ1) is 20.8. The Balaban J connectivity index is 2.03. The van der Waals surface area contributed by atoms with E-state index in [-0.39, 0.29) is 24.0 Å². The Hall–Kier alpha value is -1.52. The first-order valence-electron chi connectivity index (χ1n) is 9.98. The van der Waals surface area contributed by atoms with Gasteiger partial charge in [0.25, 0.3) is 0 Å². The summed E-state index contributed by atoms with van der Waals surface area (Å²) in [4.78, 5) is 24.5. The summed E-state index contributed by atoms with van der Waals surface area (Å²) < 4.78 is 11.1. The van der Waals surface area contributed by atoms with E-state index in [0.29, 0.717) is 18.8 Å². The highest BCUT2D eigenvalue weighted by molar-refractivity contribution is 5.75. The van der Waals surface area contributed by atoms with E-state index in [4.69, 9.17) is 9.47 Å². The second kappa shape index (κ2) is 8.92. The molecule has 0 bridgehead atoms. The molecule has 3 atom stereocenters. The Morgan fingerprint density at radius 2 is 1.96 bits per heavy atom. The van der Waals surface area contributed by atoms with Crippen LogP contribution in [0.15, 0.2) is 12.2 Å². The highest BCUT2D eigenvalue weighted by Gasteiger charge is 2.40. The van der Waals surface area contributed by atoms with Crippen LogP contribution < -0.4 is 5.32 Å². The topological polar surface area (TPSA) is 64.6 Å². The Morgan fingerprint density at radius 3 is 2.54 bits per heavy atom. The van der Waals surface area contributed by atoms with E-state index in [1.807, 2.05) is 27.7 Å². The lowest BCUT2D eigenvalue weighted by Crippen LogP contribution is -2.46. The molecule has 1 aliphatic carbocycles. The second-order valence-corrected chi connectivity index (χ2v) is 9.06. The Bertz CT molecular complexity index is 517. The molecule has 0 unspecified atom stereocenters. The van der Waals surface area contributed by atoms with Crippen LogP contribution in [0.4, 0.5) is 4.79 Å². The van der Waals surface area contributed by atoms with E-state index >= 15 is 0 Å². The smallest absolute Gasteiger partial charge is 0.408 e. The van der Waals surface area contributed by atoms with Crippen LogP contribution in [0.5, 0.6) is 0 Å². The minimum Gasteiger partial charge on any atom is -0.460 e. The first-order valence-corrected chi connectivity index (χ1v) is 9.98. The van der Waals surface area contributed by atoms with Crippen molar-refractivity contribution in [2.75, 3.05) is 0 Å². The van der Waals surface area contributed by atoms with Gasteiger partial charge in [-0.3, -0.25) is 4.79 Å². The molecule has 0 aromatic rings. The fraction of sp³-hybridized carbons (Fsp3) is 0.810. The lowest BCUT2D eigenvalue weighted by atomic mass is 9.82. The number of carbonyl (C=O) groups is 2. The number of allylic oxidation sites excluding steroid dienone is 1. The summed E-state index contributed by atoms with van der Waals surface area (Å²) in [7, 11) is 0. The summed E-state index contributed by atoms with van der Waals surface area (Å²) in [6.45, 7) is 11.4. The number of ether oxygens (including phenoxy) is 2. The van der Waals surface area contributed by atoms with Gasteiger partial charge in [0.15, 0.2) is 0 Å². The number of carbonyl (C=O) groups excluding carboxylic acids is 2. The highest BCUT2D eigenvalue weighted by atomic mass is 16.6. The predicted octanol–water partition coefficient (Wildman–Crippen LogP) is 4.75. The van der Waals surface area contributed by atoms with Gasteiger partial charge in [-0.15, -0.1) is 6.58 Å². The van der Waals surface area contributed by atoms with Crippen LogP contribution in [0.1, 0.15) is 79.1 Å². The van der Waals surface area contributed by atoms with Crippen LogP contribution >= 0.6 is 0 Å². The number of rotatable bonds is 6.